The Morgan fingerprint density at radius 1 is 0.939 bits per heavy atom. The van der Waals surface area contributed by atoms with Crippen molar-refractivity contribution in [2.45, 2.75) is 6.18 Å². The molecule has 0 aliphatic carbocycles. The molecule has 5 aromatic rings. The van der Waals surface area contributed by atoms with E-state index in [1.165, 1.54) is 29.9 Å². The van der Waals surface area contributed by atoms with E-state index in [1.54, 1.807) is 42.7 Å². The molecule has 9 heteroatoms. The molecule has 0 unspecified atom stereocenters. The Balaban J connectivity index is 1.80. The summed E-state index contributed by atoms with van der Waals surface area (Å²) in [5, 5.41) is 0.567. The second-order valence-corrected chi connectivity index (χ2v) is 7.27. The van der Waals surface area contributed by atoms with Crippen molar-refractivity contribution in [3.8, 4) is 22.8 Å². The molecule has 0 aliphatic rings. The summed E-state index contributed by atoms with van der Waals surface area (Å²) in [7, 11) is 1.52. The van der Waals surface area contributed by atoms with Crippen LogP contribution < -0.4 is 10.3 Å². The first kappa shape index (κ1) is 20.6. The van der Waals surface area contributed by atoms with E-state index in [-0.39, 0.29) is 5.69 Å². The van der Waals surface area contributed by atoms with Crippen LogP contribution in [0.5, 0.6) is 5.88 Å². The van der Waals surface area contributed by atoms with Crippen molar-refractivity contribution in [2.24, 2.45) is 0 Å². The van der Waals surface area contributed by atoms with Crippen LogP contribution in [0, 0.1) is 0 Å². The second kappa shape index (κ2) is 7.70. The molecule has 164 valence electrons. The fraction of sp³-hybridized carbons (Fsp3) is 0.0833. The molecule has 6 nitrogen and oxygen atoms in total. The third-order valence-corrected chi connectivity index (χ3v) is 5.24. The van der Waals surface area contributed by atoms with Crippen LogP contribution >= 0.6 is 0 Å². The first-order chi connectivity index (χ1) is 15.8. The maximum atomic E-state index is 13.3. The summed E-state index contributed by atoms with van der Waals surface area (Å²) in [5.41, 5.74) is 1.29. The van der Waals surface area contributed by atoms with Crippen LogP contribution in [0.1, 0.15) is 5.56 Å². The number of fused-ring (bicyclic) bond motifs is 3. The average molecular weight is 448 g/mol. The van der Waals surface area contributed by atoms with E-state index in [9.17, 15) is 18.0 Å². The van der Waals surface area contributed by atoms with Crippen molar-refractivity contribution in [3.63, 3.8) is 0 Å². The number of pyridine rings is 4. The Hall–Kier alpha value is -4.27. The van der Waals surface area contributed by atoms with Gasteiger partial charge in [0.2, 0.25) is 5.88 Å². The topological polar surface area (TPSA) is 69.9 Å². The lowest BCUT2D eigenvalue weighted by molar-refractivity contribution is -0.137. The van der Waals surface area contributed by atoms with Gasteiger partial charge < -0.3 is 4.74 Å². The summed E-state index contributed by atoms with van der Waals surface area (Å²) in [4.78, 5) is 26.2. The minimum Gasteiger partial charge on any atom is -0.481 e. The van der Waals surface area contributed by atoms with E-state index in [2.05, 4.69) is 9.97 Å². The van der Waals surface area contributed by atoms with Crippen molar-refractivity contribution in [2.75, 3.05) is 7.11 Å². The highest BCUT2D eigenvalue weighted by Gasteiger charge is 2.30. The molecule has 0 bridgehead atoms. The number of nitrogens with zero attached hydrogens (tertiary/aromatic N) is 4. The highest BCUT2D eigenvalue weighted by molar-refractivity contribution is 6.02. The van der Waals surface area contributed by atoms with Crippen LogP contribution in [0.25, 0.3) is 38.9 Å². The third-order valence-electron chi connectivity index (χ3n) is 5.24. The maximum absolute atomic E-state index is 13.3. The van der Waals surface area contributed by atoms with E-state index in [4.69, 9.17) is 9.72 Å². The SMILES string of the molecule is COc1ccc(-c2ccc3ncc4ccc(=O)n(-c5cccc(C(F)(F)F)c5)c4c3n2)cn1. The standard InChI is InChI=1S/C24H15F3N4O2/c1-33-20-9-5-14(12-29-20)18-7-8-19-22(30-18)23-15(13-28-19)6-10-21(32)31(23)17-4-2-3-16(11-17)24(25,26)27/h2-13H,1H3. The van der Waals surface area contributed by atoms with Gasteiger partial charge in [0.1, 0.15) is 5.52 Å². The van der Waals surface area contributed by atoms with E-state index in [0.717, 1.165) is 12.1 Å². The number of ether oxygens (including phenoxy) is 1. The van der Waals surface area contributed by atoms with Gasteiger partial charge in [0.25, 0.3) is 5.56 Å². The molecule has 0 amide bonds. The van der Waals surface area contributed by atoms with Crippen molar-refractivity contribution in [1.29, 1.82) is 0 Å². The van der Waals surface area contributed by atoms with Crippen LogP contribution in [-0.4, -0.2) is 26.6 Å². The van der Waals surface area contributed by atoms with Crippen molar-refractivity contribution in [3.05, 3.63) is 89.0 Å². The molecule has 0 spiro atoms. The molecule has 0 aliphatic heterocycles. The molecule has 0 N–H and O–H groups in total. The first-order valence-electron chi connectivity index (χ1n) is 9.85. The number of hydrogen-bond acceptors (Lipinski definition) is 5. The predicted octanol–water partition coefficient (Wildman–Crippen LogP) is 5.02. The highest BCUT2D eigenvalue weighted by Crippen LogP contribution is 2.32. The van der Waals surface area contributed by atoms with Gasteiger partial charge in [-0.3, -0.25) is 14.3 Å². The van der Waals surface area contributed by atoms with Gasteiger partial charge >= 0.3 is 6.18 Å². The molecule has 0 saturated carbocycles. The molecular formula is C24H15F3N4O2. The van der Waals surface area contributed by atoms with Crippen LogP contribution in [0.15, 0.2) is 77.9 Å². The molecule has 0 atom stereocenters. The maximum Gasteiger partial charge on any atom is 0.416 e. The van der Waals surface area contributed by atoms with Crippen molar-refractivity contribution in [1.82, 2.24) is 19.5 Å². The second-order valence-electron chi connectivity index (χ2n) is 7.27. The average Bonchev–Trinajstić information content (AvgIpc) is 2.83. The van der Waals surface area contributed by atoms with Crippen LogP contribution in [0.3, 0.4) is 0 Å². The molecule has 33 heavy (non-hydrogen) atoms. The lowest BCUT2D eigenvalue weighted by Crippen LogP contribution is -2.18. The van der Waals surface area contributed by atoms with Crippen molar-refractivity contribution < 1.29 is 17.9 Å². The Kier molecular flexibility index (Phi) is 4.81. The quantitative estimate of drug-likeness (QED) is 0.363. The van der Waals surface area contributed by atoms with Crippen LogP contribution in [0.4, 0.5) is 13.2 Å². The van der Waals surface area contributed by atoms with Gasteiger partial charge in [0.05, 0.1) is 29.4 Å². The van der Waals surface area contributed by atoms with Gasteiger partial charge in [0.15, 0.2) is 0 Å². The lowest BCUT2D eigenvalue weighted by atomic mass is 10.1. The van der Waals surface area contributed by atoms with E-state index in [1.807, 2.05) is 0 Å². The molecule has 5 rings (SSSR count). The summed E-state index contributed by atoms with van der Waals surface area (Å²) < 4.78 is 46.3. The van der Waals surface area contributed by atoms with E-state index < -0.39 is 17.3 Å². The van der Waals surface area contributed by atoms with Gasteiger partial charge in [-0.25, -0.2) is 9.97 Å². The zero-order chi connectivity index (χ0) is 23.2. The smallest absolute Gasteiger partial charge is 0.416 e. The molecule has 1 aromatic carbocycles. The van der Waals surface area contributed by atoms with Crippen LogP contribution in [0.2, 0.25) is 0 Å². The van der Waals surface area contributed by atoms with E-state index in [0.29, 0.717) is 39.1 Å². The molecule has 4 aromatic heterocycles. The number of methoxy groups -OCH3 is 1. The summed E-state index contributed by atoms with van der Waals surface area (Å²) in [5.74, 6) is 0.449. The Morgan fingerprint density at radius 3 is 2.52 bits per heavy atom. The van der Waals surface area contributed by atoms with Gasteiger partial charge in [-0.1, -0.05) is 6.07 Å². The molecule has 0 saturated heterocycles. The zero-order valence-electron chi connectivity index (χ0n) is 17.2. The largest absolute Gasteiger partial charge is 0.481 e. The number of aromatic nitrogens is 4. The van der Waals surface area contributed by atoms with Crippen molar-refractivity contribution >= 4 is 21.9 Å². The number of benzene rings is 1. The minimum atomic E-state index is -4.54. The number of hydrogen-bond donors (Lipinski definition) is 0. The highest BCUT2D eigenvalue weighted by atomic mass is 19.4. The summed E-state index contributed by atoms with van der Waals surface area (Å²) in [6.45, 7) is 0. The normalized spacial score (nSPS) is 11.8. The molecule has 0 fully saturated rings. The molecule has 0 radical (unpaired) electrons. The van der Waals surface area contributed by atoms with Gasteiger partial charge in [-0.2, -0.15) is 13.2 Å². The Bertz CT molecular complexity index is 1560. The van der Waals surface area contributed by atoms with Gasteiger partial charge in [0, 0.05) is 41.2 Å². The van der Waals surface area contributed by atoms with Crippen LogP contribution in [-0.2, 0) is 6.18 Å². The zero-order valence-corrected chi connectivity index (χ0v) is 17.2. The molecule has 4 heterocycles. The Labute approximate surface area is 184 Å². The fourth-order valence-electron chi connectivity index (χ4n) is 3.66. The number of alkyl halides is 3. The predicted molar refractivity (Wildman–Crippen MR) is 117 cm³/mol. The summed E-state index contributed by atoms with van der Waals surface area (Å²) in [6, 6.07) is 14.5. The molecular weight excluding hydrogens is 433 g/mol. The number of halogens is 3. The summed E-state index contributed by atoms with van der Waals surface area (Å²) in [6.07, 6.45) is -1.37. The number of rotatable bonds is 3. The van der Waals surface area contributed by atoms with E-state index >= 15 is 0 Å². The first-order valence-corrected chi connectivity index (χ1v) is 9.85. The van der Waals surface area contributed by atoms with Gasteiger partial charge in [-0.05, 0) is 42.5 Å². The fourth-order valence-corrected chi connectivity index (χ4v) is 3.66. The van der Waals surface area contributed by atoms with Gasteiger partial charge in [-0.15, -0.1) is 0 Å². The Morgan fingerprint density at radius 2 is 1.79 bits per heavy atom. The third kappa shape index (κ3) is 3.67. The summed E-state index contributed by atoms with van der Waals surface area (Å²) >= 11 is 0. The monoisotopic (exact) mass is 448 g/mol. The lowest BCUT2D eigenvalue weighted by Gasteiger charge is -2.14. The minimum absolute atomic E-state index is 0.0891.